The number of carbonyl (C=O) groups excluding carboxylic acids is 1. The molecule has 2 bridgehead atoms. The highest BCUT2D eigenvalue weighted by molar-refractivity contribution is 5.89. The number of para-hydroxylation sites is 1. The van der Waals surface area contributed by atoms with Gasteiger partial charge in [0.15, 0.2) is 0 Å². The van der Waals surface area contributed by atoms with Crippen LogP contribution in [0.1, 0.15) is 31.0 Å². The van der Waals surface area contributed by atoms with E-state index in [0.717, 1.165) is 43.7 Å². The van der Waals surface area contributed by atoms with Crippen LogP contribution in [0.3, 0.4) is 0 Å². The van der Waals surface area contributed by atoms with Crippen LogP contribution < -0.4 is 0 Å². The van der Waals surface area contributed by atoms with Gasteiger partial charge in [-0.05, 0) is 30.4 Å². The highest BCUT2D eigenvalue weighted by Crippen LogP contribution is 2.41. The number of carbonyl (C=O) groups is 1. The van der Waals surface area contributed by atoms with E-state index >= 15 is 0 Å². The highest BCUT2D eigenvalue weighted by Gasteiger charge is 2.47. The summed E-state index contributed by atoms with van der Waals surface area (Å²) in [5.41, 5.74) is 3.40. The zero-order valence-electron chi connectivity index (χ0n) is 16.4. The number of aromatic amines is 1. The maximum Gasteiger partial charge on any atom is 0.344 e. The molecule has 0 aliphatic carbocycles. The van der Waals surface area contributed by atoms with Crippen LogP contribution in [0.25, 0.3) is 10.9 Å². The number of esters is 1. The van der Waals surface area contributed by atoms with Gasteiger partial charge in [0.05, 0.1) is 12.8 Å². The van der Waals surface area contributed by atoms with Gasteiger partial charge in [-0.15, -0.1) is 0 Å². The zero-order valence-corrected chi connectivity index (χ0v) is 16.4. The minimum Gasteiger partial charge on any atom is -0.467 e. The standard InChI is InChI=1S/C22H28N2O3/c1-4-15-11-16-12-22(27-3,21(25)26-2)20-18(9-10-24(13-15)14-16)17-7-5-6-8-19(17)23-20/h5-8,11,16,23H,4,9-10,12-14H2,1-3H3/t16-,22?/m0/s1. The van der Waals surface area contributed by atoms with Gasteiger partial charge in [0.2, 0.25) is 5.60 Å². The van der Waals surface area contributed by atoms with Crippen molar-refractivity contribution >= 4 is 16.9 Å². The number of nitrogens with zero attached hydrogens (tertiary/aromatic N) is 1. The van der Waals surface area contributed by atoms with Crippen LogP contribution in [0.2, 0.25) is 0 Å². The number of aromatic nitrogens is 1. The smallest absolute Gasteiger partial charge is 0.344 e. The van der Waals surface area contributed by atoms with Crippen LogP contribution in [0.5, 0.6) is 0 Å². The van der Waals surface area contributed by atoms with Crippen LogP contribution in [0.15, 0.2) is 35.9 Å². The lowest BCUT2D eigenvalue weighted by Gasteiger charge is -2.35. The summed E-state index contributed by atoms with van der Waals surface area (Å²) in [7, 11) is 3.06. The molecule has 3 heterocycles. The Morgan fingerprint density at radius 1 is 1.33 bits per heavy atom. The van der Waals surface area contributed by atoms with E-state index in [-0.39, 0.29) is 11.9 Å². The number of rotatable bonds is 3. The molecule has 4 rings (SSSR count). The summed E-state index contributed by atoms with van der Waals surface area (Å²) in [6.45, 7) is 5.15. The van der Waals surface area contributed by atoms with Gasteiger partial charge in [-0.1, -0.05) is 36.8 Å². The molecule has 27 heavy (non-hydrogen) atoms. The molecular weight excluding hydrogens is 340 g/mol. The van der Waals surface area contributed by atoms with E-state index in [1.165, 1.54) is 23.6 Å². The Bertz CT molecular complexity index is 885. The summed E-state index contributed by atoms with van der Waals surface area (Å²) in [6.07, 6.45) is 4.85. The van der Waals surface area contributed by atoms with Crippen molar-refractivity contribution in [1.29, 1.82) is 0 Å². The first-order valence-electron chi connectivity index (χ1n) is 9.76. The third-order valence-corrected chi connectivity index (χ3v) is 6.15. The SMILES string of the molecule is CCC1=C[C@@H]2CN(CCc3c([nH]c4ccccc34)C(OC)(C(=O)OC)C2)C1. The van der Waals surface area contributed by atoms with E-state index in [0.29, 0.717) is 6.42 Å². The average Bonchev–Trinajstić information content (AvgIpc) is 3.09. The second kappa shape index (κ2) is 7.13. The minimum atomic E-state index is -1.11. The third-order valence-electron chi connectivity index (χ3n) is 6.15. The van der Waals surface area contributed by atoms with Gasteiger partial charge >= 0.3 is 5.97 Å². The summed E-state index contributed by atoms with van der Waals surface area (Å²) in [4.78, 5) is 19.1. The molecule has 1 aromatic heterocycles. The van der Waals surface area contributed by atoms with E-state index in [4.69, 9.17) is 9.47 Å². The Kier molecular flexibility index (Phi) is 4.82. The topological polar surface area (TPSA) is 54.6 Å². The zero-order chi connectivity index (χ0) is 19.0. The normalized spacial score (nSPS) is 27.9. The molecule has 2 aliphatic heterocycles. The van der Waals surface area contributed by atoms with Crippen LogP contribution in [-0.4, -0.2) is 49.7 Å². The van der Waals surface area contributed by atoms with Crippen LogP contribution in [0.4, 0.5) is 0 Å². The molecule has 144 valence electrons. The maximum absolute atomic E-state index is 13.0. The molecular formula is C22H28N2O3. The molecule has 0 fully saturated rings. The number of H-pyrrole nitrogens is 1. The van der Waals surface area contributed by atoms with Crippen molar-refractivity contribution in [3.8, 4) is 0 Å². The van der Waals surface area contributed by atoms with Gasteiger partial charge in [0.1, 0.15) is 0 Å². The summed E-state index contributed by atoms with van der Waals surface area (Å²) in [5, 5.41) is 1.17. The van der Waals surface area contributed by atoms with E-state index in [1.807, 2.05) is 12.1 Å². The molecule has 5 nitrogen and oxygen atoms in total. The lowest BCUT2D eigenvalue weighted by molar-refractivity contribution is -0.170. The Morgan fingerprint density at radius 2 is 2.15 bits per heavy atom. The lowest BCUT2D eigenvalue weighted by atomic mass is 9.83. The largest absolute Gasteiger partial charge is 0.467 e. The van der Waals surface area contributed by atoms with E-state index in [1.54, 1.807) is 7.11 Å². The lowest BCUT2D eigenvalue weighted by Crippen LogP contribution is -2.43. The van der Waals surface area contributed by atoms with Gasteiger partial charge in [-0.25, -0.2) is 4.79 Å². The van der Waals surface area contributed by atoms with Crippen LogP contribution in [-0.2, 0) is 26.3 Å². The molecule has 2 aliphatic rings. The Balaban J connectivity index is 1.92. The van der Waals surface area contributed by atoms with Crippen molar-refractivity contribution in [3.63, 3.8) is 0 Å². The Hall–Kier alpha value is -2.11. The Morgan fingerprint density at radius 3 is 2.89 bits per heavy atom. The first-order chi connectivity index (χ1) is 13.1. The molecule has 0 radical (unpaired) electrons. The molecule has 1 N–H and O–H groups in total. The number of hydrogen-bond donors (Lipinski definition) is 1. The van der Waals surface area contributed by atoms with Crippen molar-refractivity contribution < 1.29 is 14.3 Å². The summed E-state index contributed by atoms with van der Waals surface area (Å²) in [6, 6.07) is 8.24. The van der Waals surface area contributed by atoms with Gasteiger partial charge in [0, 0.05) is 44.1 Å². The quantitative estimate of drug-likeness (QED) is 0.666. The summed E-state index contributed by atoms with van der Waals surface area (Å²) in [5.74, 6) is -0.0756. The van der Waals surface area contributed by atoms with Crippen LogP contribution in [0, 0.1) is 5.92 Å². The first kappa shape index (κ1) is 18.3. The van der Waals surface area contributed by atoms with Crippen molar-refractivity contribution in [3.05, 3.63) is 47.2 Å². The summed E-state index contributed by atoms with van der Waals surface area (Å²) < 4.78 is 11.2. The average molecular weight is 368 g/mol. The van der Waals surface area contributed by atoms with Gasteiger partial charge in [-0.3, -0.25) is 4.90 Å². The second-order valence-corrected chi connectivity index (χ2v) is 7.67. The number of hydrogen-bond acceptors (Lipinski definition) is 4. The minimum absolute atomic E-state index is 0.255. The molecule has 0 saturated carbocycles. The monoisotopic (exact) mass is 368 g/mol. The predicted octanol–water partition coefficient (Wildman–Crippen LogP) is 3.40. The molecule has 0 saturated heterocycles. The molecule has 0 amide bonds. The number of nitrogens with one attached hydrogen (secondary N) is 1. The predicted molar refractivity (Wildman–Crippen MR) is 106 cm³/mol. The van der Waals surface area contributed by atoms with Crippen molar-refractivity contribution in [2.75, 3.05) is 33.9 Å². The number of fused-ring (bicyclic) bond motifs is 5. The molecule has 2 aromatic rings. The number of benzene rings is 1. The van der Waals surface area contributed by atoms with E-state index < -0.39 is 5.60 Å². The molecule has 3 atom stereocenters. The second-order valence-electron chi connectivity index (χ2n) is 7.67. The molecule has 5 heteroatoms. The third kappa shape index (κ3) is 2.99. The fourth-order valence-electron chi connectivity index (χ4n) is 4.81. The van der Waals surface area contributed by atoms with E-state index in [2.05, 4.69) is 35.0 Å². The van der Waals surface area contributed by atoms with Crippen molar-refractivity contribution in [2.45, 2.75) is 31.8 Å². The number of methoxy groups -OCH3 is 2. The fraction of sp³-hybridized carbons (Fsp3) is 0.500. The first-order valence-corrected chi connectivity index (χ1v) is 9.76. The Labute approximate surface area is 160 Å². The van der Waals surface area contributed by atoms with Crippen LogP contribution >= 0.6 is 0 Å². The summed E-state index contributed by atoms with van der Waals surface area (Å²) >= 11 is 0. The van der Waals surface area contributed by atoms with Gasteiger partial charge < -0.3 is 14.5 Å². The van der Waals surface area contributed by atoms with Crippen molar-refractivity contribution in [2.24, 2.45) is 5.92 Å². The van der Waals surface area contributed by atoms with E-state index in [9.17, 15) is 4.79 Å². The molecule has 1 aromatic carbocycles. The maximum atomic E-state index is 13.0. The highest BCUT2D eigenvalue weighted by atomic mass is 16.6. The van der Waals surface area contributed by atoms with Gasteiger partial charge in [0.25, 0.3) is 0 Å². The van der Waals surface area contributed by atoms with Crippen molar-refractivity contribution in [1.82, 2.24) is 9.88 Å². The fourth-order valence-corrected chi connectivity index (χ4v) is 4.81. The molecule has 2 unspecified atom stereocenters. The molecule has 0 spiro atoms. The van der Waals surface area contributed by atoms with Gasteiger partial charge in [-0.2, -0.15) is 0 Å². The number of ether oxygens (including phenoxy) is 2.